The third-order valence-corrected chi connectivity index (χ3v) is 3.96. The molecule has 1 aromatic heterocycles. The summed E-state index contributed by atoms with van der Waals surface area (Å²) < 4.78 is 5.45. The van der Waals surface area contributed by atoms with Crippen molar-refractivity contribution in [2.75, 3.05) is 0 Å². The van der Waals surface area contributed by atoms with E-state index in [-0.39, 0.29) is 11.9 Å². The SMILES string of the molecule is C[C@@H](Cl)C(=O)N1N=C(c2ccc(Cl)cc2)C[C@@H]1c1ccco1. The topological polar surface area (TPSA) is 45.8 Å². The molecule has 0 fully saturated rings. The van der Waals surface area contributed by atoms with Crippen LogP contribution in [0, 0.1) is 0 Å². The maximum atomic E-state index is 12.3. The molecule has 2 heterocycles. The first-order valence-corrected chi connectivity index (χ1v) is 7.71. The first kappa shape index (κ1) is 15.1. The molecule has 0 saturated heterocycles. The molecule has 4 nitrogen and oxygen atoms in total. The average molecular weight is 337 g/mol. The van der Waals surface area contributed by atoms with Gasteiger partial charge >= 0.3 is 0 Å². The highest BCUT2D eigenvalue weighted by Gasteiger charge is 2.36. The van der Waals surface area contributed by atoms with E-state index in [4.69, 9.17) is 27.6 Å². The van der Waals surface area contributed by atoms with Crippen molar-refractivity contribution < 1.29 is 9.21 Å². The fourth-order valence-electron chi connectivity index (χ4n) is 2.42. The second-order valence-corrected chi connectivity index (χ2v) is 6.18. The third-order valence-electron chi connectivity index (χ3n) is 3.53. The molecule has 3 rings (SSSR count). The Hall–Kier alpha value is -1.78. The molecule has 114 valence electrons. The first-order valence-electron chi connectivity index (χ1n) is 6.90. The highest BCUT2D eigenvalue weighted by atomic mass is 35.5. The van der Waals surface area contributed by atoms with Crippen molar-refractivity contribution in [3.63, 3.8) is 0 Å². The van der Waals surface area contributed by atoms with Crippen LogP contribution in [-0.4, -0.2) is 22.0 Å². The zero-order valence-electron chi connectivity index (χ0n) is 11.9. The number of halogens is 2. The molecule has 1 aliphatic rings. The first-order chi connectivity index (χ1) is 10.6. The second kappa shape index (κ2) is 6.15. The van der Waals surface area contributed by atoms with E-state index >= 15 is 0 Å². The Kier molecular flexibility index (Phi) is 4.23. The summed E-state index contributed by atoms with van der Waals surface area (Å²) in [5.41, 5.74) is 1.74. The monoisotopic (exact) mass is 336 g/mol. The predicted molar refractivity (Wildman–Crippen MR) is 86.2 cm³/mol. The normalized spacial score (nSPS) is 19.1. The minimum Gasteiger partial charge on any atom is -0.467 e. The van der Waals surface area contributed by atoms with Gasteiger partial charge < -0.3 is 4.42 Å². The van der Waals surface area contributed by atoms with E-state index in [2.05, 4.69) is 5.10 Å². The molecule has 1 aliphatic heterocycles. The van der Waals surface area contributed by atoms with Crippen molar-refractivity contribution in [1.82, 2.24) is 5.01 Å². The van der Waals surface area contributed by atoms with Crippen LogP contribution in [0.3, 0.4) is 0 Å². The number of amides is 1. The summed E-state index contributed by atoms with van der Waals surface area (Å²) in [6, 6.07) is 10.7. The highest BCUT2D eigenvalue weighted by molar-refractivity contribution is 6.31. The molecule has 2 atom stereocenters. The van der Waals surface area contributed by atoms with Crippen LogP contribution in [-0.2, 0) is 4.79 Å². The van der Waals surface area contributed by atoms with Crippen LogP contribution in [0.5, 0.6) is 0 Å². The van der Waals surface area contributed by atoms with Gasteiger partial charge in [-0.2, -0.15) is 5.10 Å². The van der Waals surface area contributed by atoms with Crippen LogP contribution in [0.4, 0.5) is 0 Å². The standard InChI is InChI=1S/C16H14Cl2N2O2/c1-10(17)16(21)20-14(15-3-2-8-22-15)9-13(19-20)11-4-6-12(18)7-5-11/h2-8,10,14H,9H2,1H3/t10-,14-/m1/s1. The van der Waals surface area contributed by atoms with Crippen LogP contribution in [0.1, 0.15) is 30.7 Å². The summed E-state index contributed by atoms with van der Waals surface area (Å²) >= 11 is 11.9. The number of hydrogen-bond acceptors (Lipinski definition) is 3. The van der Waals surface area contributed by atoms with Gasteiger partial charge in [-0.05, 0) is 36.8 Å². The minimum absolute atomic E-state index is 0.243. The summed E-state index contributed by atoms with van der Waals surface area (Å²) in [6.45, 7) is 1.64. The van der Waals surface area contributed by atoms with Crippen molar-refractivity contribution in [3.8, 4) is 0 Å². The van der Waals surface area contributed by atoms with E-state index in [0.29, 0.717) is 17.2 Å². The van der Waals surface area contributed by atoms with E-state index in [1.807, 2.05) is 18.2 Å². The third kappa shape index (κ3) is 2.89. The average Bonchev–Trinajstić information content (AvgIpc) is 3.16. The van der Waals surface area contributed by atoms with E-state index in [1.165, 1.54) is 5.01 Å². The predicted octanol–water partition coefficient (Wildman–Crippen LogP) is 4.24. The number of hydrazone groups is 1. The summed E-state index contributed by atoms with van der Waals surface area (Å²) in [4.78, 5) is 12.3. The minimum atomic E-state index is -0.647. The molecule has 1 amide bonds. The Morgan fingerprint density at radius 3 is 2.68 bits per heavy atom. The van der Waals surface area contributed by atoms with Crippen LogP contribution in [0.25, 0.3) is 0 Å². The smallest absolute Gasteiger partial charge is 0.261 e. The summed E-state index contributed by atoms with van der Waals surface area (Å²) in [5, 5.41) is 5.89. The van der Waals surface area contributed by atoms with Gasteiger partial charge in [0.25, 0.3) is 5.91 Å². The fraction of sp³-hybridized carbons (Fsp3) is 0.250. The molecule has 6 heteroatoms. The Balaban J connectivity index is 1.94. The fourth-order valence-corrected chi connectivity index (χ4v) is 2.64. The Labute approximate surface area is 138 Å². The van der Waals surface area contributed by atoms with E-state index in [0.717, 1.165) is 11.3 Å². The number of alkyl halides is 1. The number of furan rings is 1. The molecule has 0 aliphatic carbocycles. The van der Waals surface area contributed by atoms with E-state index in [1.54, 1.807) is 31.4 Å². The molecule has 2 aromatic rings. The molecule has 0 spiro atoms. The van der Waals surface area contributed by atoms with Gasteiger partial charge in [-0.1, -0.05) is 23.7 Å². The summed E-state index contributed by atoms with van der Waals surface area (Å²) in [6.07, 6.45) is 2.16. The molecule has 0 radical (unpaired) electrons. The van der Waals surface area contributed by atoms with Crippen molar-refractivity contribution in [2.45, 2.75) is 24.8 Å². The van der Waals surface area contributed by atoms with Crippen LogP contribution in [0.2, 0.25) is 5.02 Å². The van der Waals surface area contributed by atoms with Crippen molar-refractivity contribution in [3.05, 3.63) is 59.0 Å². The Bertz CT molecular complexity index is 693. The highest BCUT2D eigenvalue weighted by Crippen LogP contribution is 2.34. The van der Waals surface area contributed by atoms with Crippen LogP contribution < -0.4 is 0 Å². The molecule has 0 saturated carbocycles. The van der Waals surface area contributed by atoms with Gasteiger partial charge in [0.2, 0.25) is 0 Å². The van der Waals surface area contributed by atoms with Gasteiger partial charge in [0.05, 0.1) is 12.0 Å². The van der Waals surface area contributed by atoms with Crippen molar-refractivity contribution in [1.29, 1.82) is 0 Å². The number of nitrogens with zero attached hydrogens (tertiary/aromatic N) is 2. The largest absolute Gasteiger partial charge is 0.467 e. The zero-order chi connectivity index (χ0) is 15.7. The lowest BCUT2D eigenvalue weighted by atomic mass is 10.0. The number of benzene rings is 1. The lowest BCUT2D eigenvalue weighted by Crippen LogP contribution is -2.32. The van der Waals surface area contributed by atoms with Gasteiger partial charge in [-0.3, -0.25) is 4.79 Å². The van der Waals surface area contributed by atoms with Crippen LogP contribution >= 0.6 is 23.2 Å². The molecular weight excluding hydrogens is 323 g/mol. The number of carbonyl (C=O) groups is 1. The van der Waals surface area contributed by atoms with Gasteiger partial charge in [-0.15, -0.1) is 11.6 Å². The van der Waals surface area contributed by atoms with E-state index < -0.39 is 5.38 Å². The molecule has 0 N–H and O–H groups in total. The summed E-state index contributed by atoms with van der Waals surface area (Å²) in [7, 11) is 0. The molecule has 1 aromatic carbocycles. The van der Waals surface area contributed by atoms with E-state index in [9.17, 15) is 4.79 Å². The maximum absolute atomic E-state index is 12.3. The Morgan fingerprint density at radius 2 is 2.09 bits per heavy atom. The van der Waals surface area contributed by atoms with Crippen molar-refractivity contribution in [2.24, 2.45) is 5.10 Å². The maximum Gasteiger partial charge on any atom is 0.261 e. The number of carbonyl (C=O) groups excluding carboxylic acids is 1. The molecule has 0 unspecified atom stereocenters. The summed E-state index contributed by atoms with van der Waals surface area (Å²) in [5.74, 6) is 0.449. The second-order valence-electron chi connectivity index (χ2n) is 5.09. The van der Waals surface area contributed by atoms with Gasteiger partial charge in [-0.25, -0.2) is 5.01 Å². The Morgan fingerprint density at radius 1 is 1.36 bits per heavy atom. The number of rotatable bonds is 3. The van der Waals surface area contributed by atoms with Gasteiger partial charge in [0, 0.05) is 11.4 Å². The van der Waals surface area contributed by atoms with Gasteiger partial charge in [0.1, 0.15) is 17.2 Å². The zero-order valence-corrected chi connectivity index (χ0v) is 13.4. The lowest BCUT2D eigenvalue weighted by molar-refractivity contribution is -0.132. The molecule has 22 heavy (non-hydrogen) atoms. The number of hydrogen-bond donors (Lipinski definition) is 0. The quantitative estimate of drug-likeness (QED) is 0.787. The lowest BCUT2D eigenvalue weighted by Gasteiger charge is -2.20. The molecule has 0 bridgehead atoms. The molecular formula is C16H14Cl2N2O2. The van der Waals surface area contributed by atoms with Crippen LogP contribution in [0.15, 0.2) is 52.2 Å². The van der Waals surface area contributed by atoms with Gasteiger partial charge in [0.15, 0.2) is 0 Å². The van der Waals surface area contributed by atoms with Crippen molar-refractivity contribution >= 4 is 34.8 Å².